The third-order valence-corrected chi connectivity index (χ3v) is 4.08. The molecule has 0 aliphatic carbocycles. The van der Waals surface area contributed by atoms with Gasteiger partial charge in [-0.05, 0) is 18.2 Å². The van der Waals surface area contributed by atoms with Gasteiger partial charge in [-0.25, -0.2) is 0 Å². The summed E-state index contributed by atoms with van der Waals surface area (Å²) in [7, 11) is 0. The van der Waals surface area contributed by atoms with E-state index in [2.05, 4.69) is 0 Å². The lowest BCUT2D eigenvalue weighted by Crippen LogP contribution is -2.40. The first kappa shape index (κ1) is 13.8. The predicted octanol–water partition coefficient (Wildman–Crippen LogP) is 2.95. The summed E-state index contributed by atoms with van der Waals surface area (Å²) < 4.78 is 5.42. The third kappa shape index (κ3) is 3.70. The highest BCUT2D eigenvalue weighted by Crippen LogP contribution is 2.27. The van der Waals surface area contributed by atoms with Gasteiger partial charge in [-0.15, -0.1) is 0 Å². The Morgan fingerprint density at radius 1 is 1.33 bits per heavy atom. The van der Waals surface area contributed by atoms with E-state index in [1.165, 1.54) is 0 Å². The van der Waals surface area contributed by atoms with Crippen LogP contribution in [-0.2, 0) is 4.79 Å². The van der Waals surface area contributed by atoms with E-state index in [4.69, 9.17) is 27.9 Å². The molecule has 0 N–H and O–H groups in total. The first-order chi connectivity index (χ1) is 8.66. The Labute approximate surface area is 120 Å². The summed E-state index contributed by atoms with van der Waals surface area (Å²) in [6.45, 7) is 1.61. The number of halogens is 2. The number of rotatable bonds is 3. The van der Waals surface area contributed by atoms with Crippen LogP contribution in [0.25, 0.3) is 0 Å². The number of nitrogens with zero attached hydrogens (tertiary/aromatic N) is 1. The molecular formula is C12H13Cl2NO2S. The molecule has 1 heterocycles. The minimum atomic E-state index is 0.00122. The normalized spacial score (nSPS) is 15.6. The average molecular weight is 306 g/mol. The highest BCUT2D eigenvalue weighted by atomic mass is 35.5. The molecule has 98 valence electrons. The lowest BCUT2D eigenvalue weighted by molar-refractivity contribution is -0.132. The number of hydrogen-bond donors (Lipinski definition) is 0. The molecule has 1 aliphatic heterocycles. The molecule has 0 unspecified atom stereocenters. The Kier molecular flexibility index (Phi) is 5.03. The highest BCUT2D eigenvalue weighted by Gasteiger charge is 2.17. The minimum Gasteiger partial charge on any atom is -0.482 e. The lowest BCUT2D eigenvalue weighted by atomic mass is 10.3. The zero-order valence-corrected chi connectivity index (χ0v) is 12.0. The van der Waals surface area contributed by atoms with Crippen LogP contribution < -0.4 is 4.74 Å². The van der Waals surface area contributed by atoms with Gasteiger partial charge in [0.2, 0.25) is 0 Å². The fraction of sp³-hybridized carbons (Fsp3) is 0.417. The maximum Gasteiger partial charge on any atom is 0.260 e. The molecule has 0 saturated carbocycles. The fourth-order valence-electron chi connectivity index (χ4n) is 1.64. The van der Waals surface area contributed by atoms with Crippen LogP contribution in [0.1, 0.15) is 0 Å². The van der Waals surface area contributed by atoms with Gasteiger partial charge < -0.3 is 9.64 Å². The monoisotopic (exact) mass is 305 g/mol. The summed E-state index contributed by atoms with van der Waals surface area (Å²) in [5, 5.41) is 0.969. The lowest BCUT2D eigenvalue weighted by Gasteiger charge is -2.26. The Balaban J connectivity index is 1.88. The number of benzene rings is 1. The molecule has 3 nitrogen and oxygen atoms in total. The Morgan fingerprint density at radius 2 is 2.06 bits per heavy atom. The summed E-state index contributed by atoms with van der Waals surface area (Å²) in [6.07, 6.45) is 0. The number of thioether (sulfide) groups is 1. The van der Waals surface area contributed by atoms with Gasteiger partial charge in [-0.2, -0.15) is 11.8 Å². The van der Waals surface area contributed by atoms with Crippen molar-refractivity contribution in [2.45, 2.75) is 0 Å². The van der Waals surface area contributed by atoms with Crippen LogP contribution in [0.5, 0.6) is 5.75 Å². The van der Waals surface area contributed by atoms with Crippen LogP contribution in [0.4, 0.5) is 0 Å². The molecule has 6 heteroatoms. The second-order valence-electron chi connectivity index (χ2n) is 3.86. The first-order valence-electron chi connectivity index (χ1n) is 5.60. The van der Waals surface area contributed by atoms with Crippen LogP contribution in [0.15, 0.2) is 18.2 Å². The fourth-order valence-corrected chi connectivity index (χ4v) is 3.00. The molecule has 18 heavy (non-hydrogen) atoms. The van der Waals surface area contributed by atoms with Crippen LogP contribution in [0.3, 0.4) is 0 Å². The highest BCUT2D eigenvalue weighted by molar-refractivity contribution is 7.99. The number of hydrogen-bond acceptors (Lipinski definition) is 3. The summed E-state index contributed by atoms with van der Waals surface area (Å²) in [4.78, 5) is 13.7. The van der Waals surface area contributed by atoms with E-state index in [-0.39, 0.29) is 12.5 Å². The molecule has 0 spiro atoms. The molecule has 1 aromatic carbocycles. The predicted molar refractivity (Wildman–Crippen MR) is 75.9 cm³/mol. The smallest absolute Gasteiger partial charge is 0.260 e. The quantitative estimate of drug-likeness (QED) is 0.860. The van der Waals surface area contributed by atoms with Crippen molar-refractivity contribution in [3.05, 3.63) is 28.2 Å². The maximum atomic E-state index is 11.9. The molecule has 0 radical (unpaired) electrons. The van der Waals surface area contributed by atoms with E-state index < -0.39 is 0 Å². The van der Waals surface area contributed by atoms with Crippen molar-refractivity contribution in [1.82, 2.24) is 4.90 Å². The van der Waals surface area contributed by atoms with Gasteiger partial charge in [-0.3, -0.25) is 4.79 Å². The molecule has 0 bridgehead atoms. The molecule has 1 aliphatic rings. The van der Waals surface area contributed by atoms with Gasteiger partial charge in [0.15, 0.2) is 6.61 Å². The zero-order chi connectivity index (χ0) is 13.0. The van der Waals surface area contributed by atoms with Gasteiger partial charge in [0, 0.05) is 29.6 Å². The number of carbonyl (C=O) groups excluding carboxylic acids is 1. The molecule has 2 rings (SSSR count). The summed E-state index contributed by atoms with van der Waals surface area (Å²) in [5.74, 6) is 2.48. The number of amides is 1. The van der Waals surface area contributed by atoms with Gasteiger partial charge in [0.1, 0.15) is 5.75 Å². The summed E-state index contributed by atoms with van der Waals surface area (Å²) in [6, 6.07) is 4.95. The zero-order valence-electron chi connectivity index (χ0n) is 9.70. The van der Waals surface area contributed by atoms with E-state index in [1.54, 1.807) is 18.2 Å². The molecular weight excluding hydrogens is 293 g/mol. The first-order valence-corrected chi connectivity index (χ1v) is 7.51. The topological polar surface area (TPSA) is 29.5 Å². The van der Waals surface area contributed by atoms with Crippen LogP contribution in [0, 0.1) is 0 Å². The van der Waals surface area contributed by atoms with Gasteiger partial charge >= 0.3 is 0 Å². The molecule has 0 aromatic heterocycles. The van der Waals surface area contributed by atoms with E-state index in [9.17, 15) is 4.79 Å². The Morgan fingerprint density at radius 3 is 2.72 bits per heavy atom. The van der Waals surface area contributed by atoms with E-state index in [1.807, 2.05) is 16.7 Å². The second kappa shape index (κ2) is 6.55. The third-order valence-electron chi connectivity index (χ3n) is 2.61. The largest absolute Gasteiger partial charge is 0.482 e. The van der Waals surface area contributed by atoms with Crippen molar-refractivity contribution in [1.29, 1.82) is 0 Å². The van der Waals surface area contributed by atoms with E-state index >= 15 is 0 Å². The minimum absolute atomic E-state index is 0.00122. The molecule has 1 fully saturated rings. The van der Waals surface area contributed by atoms with E-state index in [0.717, 1.165) is 24.6 Å². The number of ether oxygens (including phenoxy) is 1. The van der Waals surface area contributed by atoms with Crippen molar-refractivity contribution in [2.24, 2.45) is 0 Å². The van der Waals surface area contributed by atoms with Gasteiger partial charge in [0.25, 0.3) is 5.91 Å². The standard InChI is InChI=1S/C12H13Cl2NO2S/c13-9-1-2-11(10(14)7-9)17-8-12(16)15-3-5-18-6-4-15/h1-2,7H,3-6,8H2. The van der Waals surface area contributed by atoms with Crippen LogP contribution in [0.2, 0.25) is 10.0 Å². The Hall–Kier alpha value is -0.580. The number of carbonyl (C=O) groups is 1. The van der Waals surface area contributed by atoms with Crippen LogP contribution in [-0.4, -0.2) is 42.0 Å². The van der Waals surface area contributed by atoms with Crippen molar-refractivity contribution < 1.29 is 9.53 Å². The van der Waals surface area contributed by atoms with Crippen molar-refractivity contribution in [2.75, 3.05) is 31.2 Å². The Bertz CT molecular complexity index is 436. The molecule has 1 saturated heterocycles. The SMILES string of the molecule is O=C(COc1ccc(Cl)cc1Cl)N1CCSCC1. The average Bonchev–Trinajstić information content (AvgIpc) is 2.38. The van der Waals surface area contributed by atoms with Gasteiger partial charge in [-0.1, -0.05) is 23.2 Å². The molecule has 1 aromatic rings. The van der Waals surface area contributed by atoms with Crippen molar-refractivity contribution in [3.8, 4) is 5.75 Å². The summed E-state index contributed by atoms with van der Waals surface area (Å²) in [5.41, 5.74) is 0. The van der Waals surface area contributed by atoms with Gasteiger partial charge in [0.05, 0.1) is 5.02 Å². The van der Waals surface area contributed by atoms with Crippen LogP contribution >= 0.6 is 35.0 Å². The van der Waals surface area contributed by atoms with Crippen molar-refractivity contribution >= 4 is 40.9 Å². The maximum absolute atomic E-state index is 11.9. The van der Waals surface area contributed by atoms with Crippen molar-refractivity contribution in [3.63, 3.8) is 0 Å². The summed E-state index contributed by atoms with van der Waals surface area (Å²) >= 11 is 13.6. The molecule has 0 atom stereocenters. The second-order valence-corrected chi connectivity index (χ2v) is 5.92. The van der Waals surface area contributed by atoms with E-state index in [0.29, 0.717) is 15.8 Å². The molecule has 1 amide bonds.